The summed E-state index contributed by atoms with van der Waals surface area (Å²) in [4.78, 5) is 28.4. The minimum absolute atomic E-state index is 0.0199. The molecule has 1 atom stereocenters. The Kier molecular flexibility index (Phi) is 4.48. The molecule has 1 aromatic rings. The first kappa shape index (κ1) is 20.1. The lowest BCUT2D eigenvalue weighted by Crippen LogP contribution is -2.41. The van der Waals surface area contributed by atoms with Crippen LogP contribution in [0.2, 0.25) is 0 Å². The van der Waals surface area contributed by atoms with Gasteiger partial charge >= 0.3 is 12.1 Å². The molecule has 0 aromatic carbocycles. The predicted octanol–water partition coefficient (Wildman–Crippen LogP) is 2.02. The average molecular weight is 430 g/mol. The van der Waals surface area contributed by atoms with Gasteiger partial charge in [0, 0.05) is 12.0 Å². The van der Waals surface area contributed by atoms with Crippen LogP contribution >= 0.6 is 0 Å². The maximum atomic E-state index is 13.4. The standard InChI is InChI=1S/C16H15F5N8O/c1-6-9-10(22)26-11(27-12(9)28-14(6)30)8-4-29-13(23-5-24-29)7(25-8)2-3-15(17,18)16(19,20)21/h4,6,24H,2-3,5H2,1H3,(H3,22,26,27,28,30)/t6-/m1/s1. The molecule has 0 unspecified atom stereocenters. The van der Waals surface area contributed by atoms with Crippen molar-refractivity contribution < 1.29 is 26.7 Å². The van der Waals surface area contributed by atoms with Crippen molar-refractivity contribution >= 4 is 34.8 Å². The summed E-state index contributed by atoms with van der Waals surface area (Å²) in [5, 5.41) is 3.91. The number of nitrogens with two attached hydrogens (primary N) is 1. The van der Waals surface area contributed by atoms with E-state index in [0.29, 0.717) is 5.56 Å². The van der Waals surface area contributed by atoms with Crippen molar-refractivity contribution in [3.63, 3.8) is 0 Å². The molecule has 0 spiro atoms. The molecule has 4 rings (SSSR count). The van der Waals surface area contributed by atoms with E-state index in [0.717, 1.165) is 0 Å². The van der Waals surface area contributed by atoms with E-state index in [9.17, 15) is 26.7 Å². The van der Waals surface area contributed by atoms with E-state index in [1.54, 1.807) is 6.92 Å². The van der Waals surface area contributed by atoms with E-state index in [-0.39, 0.29) is 47.3 Å². The molecule has 14 heteroatoms. The molecule has 9 nitrogen and oxygen atoms in total. The fourth-order valence-electron chi connectivity index (χ4n) is 3.19. The highest BCUT2D eigenvalue weighted by atomic mass is 19.4. The molecule has 4 heterocycles. The van der Waals surface area contributed by atoms with Crippen LogP contribution in [0.5, 0.6) is 0 Å². The van der Waals surface area contributed by atoms with Crippen LogP contribution in [-0.4, -0.2) is 51.2 Å². The Morgan fingerprint density at radius 3 is 2.70 bits per heavy atom. The van der Waals surface area contributed by atoms with Crippen molar-refractivity contribution in [1.82, 2.24) is 20.4 Å². The zero-order chi connectivity index (χ0) is 21.8. The van der Waals surface area contributed by atoms with Gasteiger partial charge in [0.05, 0.1) is 17.8 Å². The third-order valence-electron chi connectivity index (χ3n) is 4.83. The highest BCUT2D eigenvalue weighted by Gasteiger charge is 2.57. The lowest BCUT2D eigenvalue weighted by molar-refractivity contribution is -0.283. The van der Waals surface area contributed by atoms with Crippen molar-refractivity contribution in [3.05, 3.63) is 17.6 Å². The summed E-state index contributed by atoms with van der Waals surface area (Å²) in [6.45, 7) is 1.73. The van der Waals surface area contributed by atoms with Crippen LogP contribution in [0, 0.1) is 0 Å². The Hall–Kier alpha value is -3.16. The van der Waals surface area contributed by atoms with Gasteiger partial charge in [-0.25, -0.2) is 25.4 Å². The molecular formula is C16H15F5N8O. The Bertz CT molecular complexity index is 1020. The number of hydrogen-bond acceptors (Lipinski definition) is 8. The van der Waals surface area contributed by atoms with Crippen molar-refractivity contribution in [2.75, 3.05) is 17.7 Å². The Balaban J connectivity index is 1.67. The number of carbonyl (C=O) groups is 1. The Labute approximate surface area is 165 Å². The number of nitrogens with zero attached hydrogens (tertiary/aromatic N) is 5. The van der Waals surface area contributed by atoms with Gasteiger partial charge in [-0.1, -0.05) is 0 Å². The second-order valence-corrected chi connectivity index (χ2v) is 6.85. The molecule has 0 aliphatic carbocycles. The number of alkyl halides is 5. The number of hydrazine groups is 1. The van der Waals surface area contributed by atoms with Crippen molar-refractivity contribution in [1.29, 1.82) is 0 Å². The quantitative estimate of drug-likeness (QED) is 0.629. The Morgan fingerprint density at radius 1 is 1.27 bits per heavy atom. The van der Waals surface area contributed by atoms with E-state index in [4.69, 9.17) is 5.73 Å². The molecule has 1 amide bonds. The van der Waals surface area contributed by atoms with Gasteiger partial charge in [-0.2, -0.15) is 22.0 Å². The molecule has 4 N–H and O–H groups in total. The van der Waals surface area contributed by atoms with Crippen LogP contribution in [-0.2, 0) is 4.79 Å². The number of nitrogens with one attached hydrogen (secondary N) is 2. The van der Waals surface area contributed by atoms with Crippen LogP contribution in [0.1, 0.15) is 37.1 Å². The van der Waals surface area contributed by atoms with E-state index in [1.807, 2.05) is 0 Å². The molecule has 3 aliphatic rings. The number of carbonyl (C=O) groups excluding carboxylic acids is 1. The number of aromatic nitrogens is 2. The zero-order valence-electron chi connectivity index (χ0n) is 15.4. The summed E-state index contributed by atoms with van der Waals surface area (Å²) in [7, 11) is 0. The van der Waals surface area contributed by atoms with Crippen LogP contribution in [0.4, 0.5) is 33.6 Å². The number of fused-ring (bicyclic) bond motifs is 2. The summed E-state index contributed by atoms with van der Waals surface area (Å²) in [6, 6.07) is 0. The summed E-state index contributed by atoms with van der Waals surface area (Å²) < 4.78 is 64.3. The second kappa shape index (κ2) is 6.68. The minimum Gasteiger partial charge on any atom is -0.383 e. The SMILES string of the molecule is C[C@H]1C(=O)Nc2nc(C3=CN4NCN=C4C(CCC(F)(F)C(F)(F)F)=N3)nc(N)c21. The first-order valence-electron chi connectivity index (χ1n) is 8.78. The average Bonchev–Trinajstić information content (AvgIpc) is 3.23. The largest absolute Gasteiger partial charge is 0.453 e. The van der Waals surface area contributed by atoms with E-state index in [2.05, 4.69) is 30.7 Å². The van der Waals surface area contributed by atoms with Crippen molar-refractivity contribution in [2.45, 2.75) is 37.8 Å². The topological polar surface area (TPSA) is 121 Å². The van der Waals surface area contributed by atoms with E-state index in [1.165, 1.54) is 11.2 Å². The first-order chi connectivity index (χ1) is 14.0. The lowest BCUT2D eigenvalue weighted by Gasteiger charge is -2.24. The number of halogens is 5. The molecular weight excluding hydrogens is 415 g/mol. The molecule has 160 valence electrons. The maximum Gasteiger partial charge on any atom is 0.453 e. The summed E-state index contributed by atoms with van der Waals surface area (Å²) in [6.07, 6.45) is -6.42. The fourth-order valence-corrected chi connectivity index (χ4v) is 3.19. The van der Waals surface area contributed by atoms with Crippen molar-refractivity contribution in [2.24, 2.45) is 9.98 Å². The highest BCUT2D eigenvalue weighted by molar-refractivity contribution is 6.43. The number of amides is 1. The number of hydrogen-bond donors (Lipinski definition) is 3. The third-order valence-corrected chi connectivity index (χ3v) is 4.83. The van der Waals surface area contributed by atoms with Gasteiger partial charge in [-0.05, 0) is 13.3 Å². The molecule has 0 saturated heterocycles. The van der Waals surface area contributed by atoms with Gasteiger partial charge in [0.1, 0.15) is 24.0 Å². The van der Waals surface area contributed by atoms with Crippen LogP contribution in [0.3, 0.4) is 0 Å². The second-order valence-electron chi connectivity index (χ2n) is 6.85. The van der Waals surface area contributed by atoms with E-state index < -0.39 is 30.9 Å². The first-order valence-corrected chi connectivity index (χ1v) is 8.78. The molecule has 1 aromatic heterocycles. The highest BCUT2D eigenvalue weighted by Crippen LogP contribution is 2.40. The molecule has 3 aliphatic heterocycles. The van der Waals surface area contributed by atoms with Gasteiger partial charge in [0.15, 0.2) is 11.7 Å². The van der Waals surface area contributed by atoms with Crippen molar-refractivity contribution in [3.8, 4) is 0 Å². The minimum atomic E-state index is -5.66. The Morgan fingerprint density at radius 2 is 2.00 bits per heavy atom. The number of rotatable bonds is 4. The molecule has 30 heavy (non-hydrogen) atoms. The van der Waals surface area contributed by atoms with Crippen LogP contribution in [0.15, 0.2) is 16.2 Å². The molecule has 0 saturated carbocycles. The predicted molar refractivity (Wildman–Crippen MR) is 96.4 cm³/mol. The van der Waals surface area contributed by atoms with Crippen LogP contribution in [0.25, 0.3) is 5.70 Å². The van der Waals surface area contributed by atoms with Gasteiger partial charge in [-0.3, -0.25) is 9.80 Å². The maximum absolute atomic E-state index is 13.4. The zero-order valence-corrected chi connectivity index (χ0v) is 15.4. The molecule has 0 radical (unpaired) electrons. The van der Waals surface area contributed by atoms with Gasteiger partial charge in [0.25, 0.3) is 0 Å². The van der Waals surface area contributed by atoms with Gasteiger partial charge < -0.3 is 11.1 Å². The van der Waals surface area contributed by atoms with Crippen LogP contribution < -0.4 is 16.5 Å². The smallest absolute Gasteiger partial charge is 0.383 e. The number of nitrogen functional groups attached to an aromatic ring is 1. The number of anilines is 2. The molecule has 0 bridgehead atoms. The molecule has 0 fully saturated rings. The summed E-state index contributed by atoms with van der Waals surface area (Å²) >= 11 is 0. The number of aliphatic imine (C=N–C) groups is 2. The summed E-state index contributed by atoms with van der Waals surface area (Å²) in [5.74, 6) is -5.38. The normalized spacial score (nSPS) is 21.0. The third kappa shape index (κ3) is 3.26. The number of amidine groups is 1. The summed E-state index contributed by atoms with van der Waals surface area (Å²) in [5.41, 5.74) is 9.16. The van der Waals surface area contributed by atoms with Gasteiger partial charge in [-0.15, -0.1) is 0 Å². The van der Waals surface area contributed by atoms with Gasteiger partial charge in [0.2, 0.25) is 5.91 Å². The monoisotopic (exact) mass is 430 g/mol. The van der Waals surface area contributed by atoms with E-state index >= 15 is 0 Å². The fraction of sp³-hybridized carbons (Fsp3) is 0.438. The lowest BCUT2D eigenvalue weighted by atomic mass is 10.1.